The summed E-state index contributed by atoms with van der Waals surface area (Å²) in [6, 6.07) is 20.4. The molecule has 1 aromatic heterocycles. The Kier molecular flexibility index (Phi) is 14.0. The minimum atomic E-state index is -1.13. The van der Waals surface area contributed by atoms with Gasteiger partial charge in [-0.2, -0.15) is 0 Å². The summed E-state index contributed by atoms with van der Waals surface area (Å²) in [5, 5.41) is 3.58. The minimum Gasteiger partial charge on any atom is -0.424 e. The lowest BCUT2D eigenvalue weighted by molar-refractivity contribution is -0.177. The Balaban J connectivity index is 1.66. The largest absolute Gasteiger partial charge is 0.424 e. The fraction of sp³-hybridized carbons (Fsp3) is 0.425. The molecule has 2 amide bonds. The van der Waals surface area contributed by atoms with E-state index in [9.17, 15) is 19.2 Å². The fourth-order valence-electron chi connectivity index (χ4n) is 5.73. The molecule has 3 N–H and O–H groups in total. The van der Waals surface area contributed by atoms with Crippen LogP contribution >= 0.6 is 11.6 Å². The lowest BCUT2D eigenvalue weighted by Crippen LogP contribution is -2.43. The van der Waals surface area contributed by atoms with E-state index >= 15 is 0 Å². The van der Waals surface area contributed by atoms with Crippen LogP contribution in [0, 0.1) is 24.7 Å². The predicted molar refractivity (Wildman–Crippen MR) is 203 cm³/mol. The minimum absolute atomic E-state index is 0.142. The smallest absolute Gasteiger partial charge is 0.410 e. The molecule has 52 heavy (non-hydrogen) atoms. The highest BCUT2D eigenvalue weighted by molar-refractivity contribution is 6.31. The van der Waals surface area contributed by atoms with Crippen molar-refractivity contribution in [2.45, 2.75) is 79.8 Å². The SMILES string of the molecule is Cc1ccc(C(=O)N(CCCNC(=O)O[C@H](OC(=O)[C@@H](N)C(C)C)C(C)C)[C@@H](c2nc3cc(Cl)ccc3c(=O)n2Cc2ccccc2)C(C)C)cc1. The third-order valence-electron chi connectivity index (χ3n) is 8.76. The molecule has 1 heterocycles. The van der Waals surface area contributed by atoms with Crippen LogP contribution in [0.4, 0.5) is 4.79 Å². The van der Waals surface area contributed by atoms with Crippen molar-refractivity contribution in [2.24, 2.45) is 23.5 Å². The first kappa shape index (κ1) is 40.0. The summed E-state index contributed by atoms with van der Waals surface area (Å²) in [5.41, 5.74) is 8.50. The van der Waals surface area contributed by atoms with Crippen molar-refractivity contribution in [3.05, 3.63) is 111 Å². The molecule has 0 radical (unpaired) electrons. The highest BCUT2D eigenvalue weighted by Gasteiger charge is 2.33. The molecular formula is C40H50ClN5O6. The molecule has 0 fully saturated rings. The zero-order valence-corrected chi connectivity index (χ0v) is 31.7. The van der Waals surface area contributed by atoms with Crippen LogP contribution in [0.3, 0.4) is 0 Å². The summed E-state index contributed by atoms with van der Waals surface area (Å²) in [4.78, 5) is 60.6. The molecule has 11 nitrogen and oxygen atoms in total. The van der Waals surface area contributed by atoms with Crippen LogP contribution in [0.5, 0.6) is 0 Å². The van der Waals surface area contributed by atoms with Crippen molar-refractivity contribution in [2.75, 3.05) is 13.1 Å². The van der Waals surface area contributed by atoms with E-state index in [4.69, 9.17) is 31.8 Å². The molecular weight excluding hydrogens is 682 g/mol. The van der Waals surface area contributed by atoms with Gasteiger partial charge in [-0.05, 0) is 61.1 Å². The van der Waals surface area contributed by atoms with Gasteiger partial charge in [-0.25, -0.2) is 9.78 Å². The van der Waals surface area contributed by atoms with Gasteiger partial charge in [0.05, 0.1) is 23.5 Å². The average Bonchev–Trinajstić information content (AvgIpc) is 3.10. The maximum absolute atomic E-state index is 14.4. The van der Waals surface area contributed by atoms with Crippen LogP contribution in [0.25, 0.3) is 10.9 Å². The monoisotopic (exact) mass is 731 g/mol. The van der Waals surface area contributed by atoms with E-state index in [1.807, 2.05) is 63.2 Å². The molecule has 0 bridgehead atoms. The molecule has 0 saturated heterocycles. The normalized spacial score (nSPS) is 13.2. The van der Waals surface area contributed by atoms with Crippen LogP contribution in [0.15, 0.2) is 77.6 Å². The van der Waals surface area contributed by atoms with Gasteiger partial charge in [0.2, 0.25) is 0 Å². The first-order valence-corrected chi connectivity index (χ1v) is 18.1. The van der Waals surface area contributed by atoms with E-state index < -0.39 is 30.4 Å². The van der Waals surface area contributed by atoms with Gasteiger partial charge in [-0.15, -0.1) is 0 Å². The van der Waals surface area contributed by atoms with Crippen LogP contribution in [-0.2, 0) is 20.8 Å². The standard InChI is InChI=1S/C40H50ClN5O6/c1-24(2)33(42)38(49)51-39(26(5)6)52-40(50)43-20-11-21-45(36(47)29-16-14-27(7)15-17-29)34(25(3)4)35-44-32-22-30(41)18-19-31(32)37(48)46(35)23-28-12-9-8-10-13-28/h8-10,12-19,22,24-26,33-34,39H,11,20-21,23,42H2,1-7H3,(H,43,50)/t33-,34+,39-/m0/s1. The molecule has 3 atom stereocenters. The summed E-state index contributed by atoms with van der Waals surface area (Å²) in [7, 11) is 0. The summed E-state index contributed by atoms with van der Waals surface area (Å²) in [6.45, 7) is 13.6. The molecule has 4 rings (SSSR count). The Morgan fingerprint density at radius 1 is 0.904 bits per heavy atom. The maximum Gasteiger partial charge on any atom is 0.410 e. The number of ether oxygens (including phenoxy) is 2. The molecule has 0 unspecified atom stereocenters. The molecule has 0 spiro atoms. The van der Waals surface area contributed by atoms with E-state index in [0.717, 1.165) is 11.1 Å². The van der Waals surface area contributed by atoms with Crippen molar-refractivity contribution in [3.8, 4) is 0 Å². The van der Waals surface area contributed by atoms with Gasteiger partial charge in [0.15, 0.2) is 0 Å². The number of halogens is 1. The predicted octanol–water partition coefficient (Wildman–Crippen LogP) is 6.87. The van der Waals surface area contributed by atoms with Crippen LogP contribution in [0.1, 0.15) is 81.3 Å². The number of rotatable bonds is 15. The number of carbonyl (C=O) groups excluding carboxylic acids is 3. The van der Waals surface area contributed by atoms with Crippen LogP contribution in [0.2, 0.25) is 5.02 Å². The summed E-state index contributed by atoms with van der Waals surface area (Å²) >= 11 is 6.36. The van der Waals surface area contributed by atoms with Gasteiger partial charge in [-0.3, -0.25) is 19.0 Å². The van der Waals surface area contributed by atoms with E-state index in [-0.39, 0.29) is 48.9 Å². The molecule has 4 aromatic rings. The lowest BCUT2D eigenvalue weighted by Gasteiger charge is -2.35. The lowest BCUT2D eigenvalue weighted by atomic mass is 9.98. The second kappa shape index (κ2) is 18.1. The number of alkyl carbamates (subject to hydrolysis) is 1. The molecule has 0 saturated carbocycles. The van der Waals surface area contributed by atoms with Crippen LogP contribution in [-0.4, -0.2) is 57.8 Å². The van der Waals surface area contributed by atoms with Gasteiger partial charge < -0.3 is 25.4 Å². The second-order valence-electron chi connectivity index (χ2n) is 14.1. The fourth-order valence-corrected chi connectivity index (χ4v) is 5.90. The Bertz CT molecular complexity index is 1890. The molecule has 12 heteroatoms. The Labute approximate surface area is 310 Å². The third-order valence-corrected chi connectivity index (χ3v) is 8.99. The quantitative estimate of drug-likeness (QED) is 0.0766. The van der Waals surface area contributed by atoms with Crippen molar-refractivity contribution < 1.29 is 23.9 Å². The van der Waals surface area contributed by atoms with Crippen molar-refractivity contribution in [1.29, 1.82) is 0 Å². The topological polar surface area (TPSA) is 146 Å². The zero-order valence-electron chi connectivity index (χ0n) is 31.0. The van der Waals surface area contributed by atoms with Gasteiger partial charge in [0.25, 0.3) is 17.8 Å². The van der Waals surface area contributed by atoms with Gasteiger partial charge >= 0.3 is 12.1 Å². The third kappa shape index (κ3) is 10.2. The number of aromatic nitrogens is 2. The number of nitrogens with one attached hydrogen (secondary N) is 1. The number of nitrogens with zero attached hydrogens (tertiary/aromatic N) is 3. The number of esters is 1. The number of benzene rings is 3. The van der Waals surface area contributed by atoms with Crippen molar-refractivity contribution >= 4 is 40.5 Å². The van der Waals surface area contributed by atoms with Crippen molar-refractivity contribution in [1.82, 2.24) is 19.8 Å². The van der Waals surface area contributed by atoms with Crippen molar-refractivity contribution in [3.63, 3.8) is 0 Å². The van der Waals surface area contributed by atoms with E-state index in [1.165, 1.54) is 0 Å². The summed E-state index contributed by atoms with van der Waals surface area (Å²) in [6.07, 6.45) is -1.56. The first-order chi connectivity index (χ1) is 24.7. The second-order valence-corrected chi connectivity index (χ2v) is 14.5. The number of nitrogens with two attached hydrogens (primary N) is 1. The number of aryl methyl sites for hydroxylation is 1. The molecule has 0 aliphatic rings. The molecule has 0 aliphatic heterocycles. The molecule has 3 aromatic carbocycles. The zero-order chi connectivity index (χ0) is 38.1. The summed E-state index contributed by atoms with van der Waals surface area (Å²) in [5.74, 6) is -1.13. The van der Waals surface area contributed by atoms with Gasteiger partial charge in [0, 0.05) is 29.6 Å². The average molecular weight is 732 g/mol. The number of fused-ring (bicyclic) bond motifs is 1. The van der Waals surface area contributed by atoms with E-state index in [0.29, 0.717) is 33.7 Å². The highest BCUT2D eigenvalue weighted by atomic mass is 35.5. The van der Waals surface area contributed by atoms with Crippen LogP contribution < -0.4 is 16.6 Å². The number of hydrogen-bond donors (Lipinski definition) is 2. The molecule has 278 valence electrons. The number of carbonyl (C=O) groups is 3. The van der Waals surface area contributed by atoms with E-state index in [2.05, 4.69) is 5.32 Å². The van der Waals surface area contributed by atoms with Gasteiger partial charge in [0.1, 0.15) is 11.9 Å². The summed E-state index contributed by atoms with van der Waals surface area (Å²) < 4.78 is 12.5. The maximum atomic E-state index is 14.4. The Hall–Kier alpha value is -4.74. The number of amides is 2. The van der Waals surface area contributed by atoms with Gasteiger partial charge in [-0.1, -0.05) is 101 Å². The first-order valence-electron chi connectivity index (χ1n) is 17.7. The number of hydrogen-bond acceptors (Lipinski definition) is 8. The Morgan fingerprint density at radius 3 is 2.19 bits per heavy atom. The highest BCUT2D eigenvalue weighted by Crippen LogP contribution is 2.31. The Morgan fingerprint density at radius 2 is 1.58 bits per heavy atom. The van der Waals surface area contributed by atoms with E-state index in [1.54, 1.807) is 67.5 Å². The molecule has 0 aliphatic carbocycles.